The van der Waals surface area contributed by atoms with Gasteiger partial charge in [0, 0.05) is 42.0 Å². The third kappa shape index (κ3) is 6.39. The van der Waals surface area contributed by atoms with E-state index in [1.54, 1.807) is 4.68 Å². The van der Waals surface area contributed by atoms with Crippen molar-refractivity contribution in [1.82, 2.24) is 14.7 Å². The van der Waals surface area contributed by atoms with Crippen molar-refractivity contribution in [1.29, 1.82) is 5.26 Å². The lowest BCUT2D eigenvalue weighted by Crippen LogP contribution is -2.51. The maximum absolute atomic E-state index is 15.4. The number of hydrogen-bond donors (Lipinski definition) is 2. The summed E-state index contributed by atoms with van der Waals surface area (Å²) in [5.74, 6) is -5.85. The highest BCUT2D eigenvalue weighted by Crippen LogP contribution is 2.41. The Balaban J connectivity index is 1.35. The molecule has 0 bridgehead atoms. The van der Waals surface area contributed by atoms with Gasteiger partial charge in [-0.1, -0.05) is 26.0 Å². The molecule has 14 heteroatoms. The number of nitriles is 1. The number of carboxylic acids is 1. The molecular weight excluding hydrogens is 653 g/mol. The summed E-state index contributed by atoms with van der Waals surface area (Å²) in [7, 11) is 1.40. The molecule has 0 aliphatic carbocycles. The molecule has 1 fully saturated rings. The van der Waals surface area contributed by atoms with Crippen molar-refractivity contribution in [3.63, 3.8) is 0 Å². The molecule has 258 valence electrons. The molecule has 0 unspecified atom stereocenters. The van der Waals surface area contributed by atoms with Crippen LogP contribution in [0.3, 0.4) is 0 Å². The number of carbonyl (C=O) groups excluding carboxylic acids is 2. The first-order valence-corrected chi connectivity index (χ1v) is 15.7. The van der Waals surface area contributed by atoms with Gasteiger partial charge in [-0.05, 0) is 60.0 Å². The third-order valence-corrected chi connectivity index (χ3v) is 9.02. The van der Waals surface area contributed by atoms with Gasteiger partial charge in [0.05, 0.1) is 43.1 Å². The second kappa shape index (κ2) is 13.0. The number of fused-ring (bicyclic) bond motifs is 3. The number of nitrogens with one attached hydrogen (secondary N) is 1. The van der Waals surface area contributed by atoms with Crippen molar-refractivity contribution in [3.05, 3.63) is 107 Å². The highest BCUT2D eigenvalue weighted by Gasteiger charge is 2.49. The van der Waals surface area contributed by atoms with Crippen LogP contribution < -0.4 is 15.0 Å². The molecule has 2 atom stereocenters. The van der Waals surface area contributed by atoms with Crippen LogP contribution in [-0.2, 0) is 10.7 Å². The summed E-state index contributed by atoms with van der Waals surface area (Å²) in [4.78, 5) is 42.8. The van der Waals surface area contributed by atoms with Crippen LogP contribution in [0.5, 0.6) is 5.75 Å². The molecule has 6 rings (SSSR count). The van der Waals surface area contributed by atoms with Crippen LogP contribution in [0.25, 0.3) is 0 Å². The molecular formula is C36H33F3N6O5. The number of carbonyl (C=O) groups is 3. The number of aliphatic carboxylic acids is 1. The average molecular weight is 687 g/mol. The standard InChI is InChI=1S/C36H33F3N6O5/c1-35(2,15-31(46)47)20-43-18-28-29(19-43)45-32(27(17-41-45)42-33(48)21-4-13-30(50-3)22(14-21)16-40)34(49)44(28)26-11-7-24(8-12-26)36(38,39)23-5-9-25(37)10-6-23/h4-14,17,28-29H,15,18-20H2,1-3H3,(H,42,48)(H,46,47)/t28-,29-/m0/s1. The van der Waals surface area contributed by atoms with Crippen molar-refractivity contribution in [3.8, 4) is 11.8 Å². The number of rotatable bonds is 10. The zero-order valence-electron chi connectivity index (χ0n) is 27.4. The Morgan fingerprint density at radius 3 is 2.30 bits per heavy atom. The van der Waals surface area contributed by atoms with Crippen LogP contribution in [-0.4, -0.2) is 70.4 Å². The second-order valence-electron chi connectivity index (χ2n) is 13.2. The molecule has 1 aromatic heterocycles. The number of ether oxygens (including phenoxy) is 1. The molecule has 50 heavy (non-hydrogen) atoms. The smallest absolute Gasteiger partial charge is 0.303 e. The largest absolute Gasteiger partial charge is 0.495 e. The summed E-state index contributed by atoms with van der Waals surface area (Å²) in [5, 5.41) is 26.2. The van der Waals surface area contributed by atoms with Gasteiger partial charge >= 0.3 is 5.97 Å². The highest BCUT2D eigenvalue weighted by molar-refractivity contribution is 6.13. The van der Waals surface area contributed by atoms with Crippen molar-refractivity contribution in [2.24, 2.45) is 5.41 Å². The number of halogens is 3. The van der Waals surface area contributed by atoms with Gasteiger partial charge in [-0.25, -0.2) is 4.39 Å². The van der Waals surface area contributed by atoms with Gasteiger partial charge in [-0.15, -0.1) is 0 Å². The van der Waals surface area contributed by atoms with E-state index in [0.717, 1.165) is 24.3 Å². The molecule has 0 radical (unpaired) electrons. The lowest BCUT2D eigenvalue weighted by Gasteiger charge is -2.37. The second-order valence-corrected chi connectivity index (χ2v) is 13.2. The van der Waals surface area contributed by atoms with E-state index in [9.17, 15) is 29.1 Å². The van der Waals surface area contributed by atoms with Gasteiger partial charge < -0.3 is 20.1 Å². The number of nitrogens with zero attached hydrogens (tertiary/aromatic N) is 5. The minimum absolute atomic E-state index is 0.0704. The zero-order chi connectivity index (χ0) is 36.0. The number of likely N-dealkylation sites (tertiary alicyclic amines) is 1. The van der Waals surface area contributed by atoms with Crippen molar-refractivity contribution in [2.75, 3.05) is 37.0 Å². The number of aromatic nitrogens is 2. The fourth-order valence-corrected chi connectivity index (χ4v) is 6.82. The minimum atomic E-state index is -3.44. The topological polar surface area (TPSA) is 141 Å². The Bertz CT molecular complexity index is 2010. The Hall–Kier alpha value is -5.68. The van der Waals surface area contributed by atoms with Gasteiger partial charge in [-0.3, -0.25) is 24.0 Å². The van der Waals surface area contributed by atoms with Crippen LogP contribution in [0.2, 0.25) is 0 Å². The van der Waals surface area contributed by atoms with Gasteiger partial charge in [-0.2, -0.15) is 19.1 Å². The third-order valence-electron chi connectivity index (χ3n) is 9.02. The fraction of sp³-hybridized carbons (Fsp3) is 0.306. The predicted molar refractivity (Wildman–Crippen MR) is 176 cm³/mol. The maximum Gasteiger partial charge on any atom is 0.303 e. The summed E-state index contributed by atoms with van der Waals surface area (Å²) < 4.78 is 51.0. The first-order valence-electron chi connectivity index (χ1n) is 15.7. The number of methoxy groups -OCH3 is 1. The van der Waals surface area contributed by atoms with Gasteiger partial charge in [0.1, 0.15) is 17.6 Å². The first-order chi connectivity index (χ1) is 23.7. The summed E-state index contributed by atoms with van der Waals surface area (Å²) >= 11 is 0. The van der Waals surface area contributed by atoms with Crippen molar-refractivity contribution >= 4 is 29.2 Å². The van der Waals surface area contributed by atoms with Crippen LogP contribution in [0.15, 0.2) is 72.9 Å². The molecule has 0 saturated carbocycles. The number of carboxylic acid groups (broad SMARTS) is 1. The number of hydrogen-bond acceptors (Lipinski definition) is 7. The monoisotopic (exact) mass is 686 g/mol. The number of anilines is 2. The SMILES string of the molecule is COc1ccc(C(=O)Nc2cnn3c2C(=O)N(c2ccc(C(F)(F)c4ccc(F)cc4)cc2)[C@H]2CN(CC(C)(C)CC(=O)O)C[C@@H]23)cc1C#N. The van der Waals surface area contributed by atoms with E-state index < -0.39 is 47.0 Å². The Morgan fingerprint density at radius 2 is 1.68 bits per heavy atom. The van der Waals surface area contributed by atoms with Crippen LogP contribution in [0.1, 0.15) is 63.8 Å². The van der Waals surface area contributed by atoms with E-state index in [-0.39, 0.29) is 40.1 Å². The average Bonchev–Trinajstić information content (AvgIpc) is 3.68. The summed E-state index contributed by atoms with van der Waals surface area (Å²) in [5.41, 5.74) is -0.546. The van der Waals surface area contributed by atoms with E-state index in [4.69, 9.17) is 4.74 Å². The predicted octanol–water partition coefficient (Wildman–Crippen LogP) is 5.68. The lowest BCUT2D eigenvalue weighted by molar-refractivity contribution is -0.139. The van der Waals surface area contributed by atoms with Crippen LogP contribution in [0.4, 0.5) is 24.5 Å². The van der Waals surface area contributed by atoms with Gasteiger partial charge in [0.15, 0.2) is 5.69 Å². The molecule has 1 saturated heterocycles. The van der Waals surface area contributed by atoms with E-state index in [1.165, 1.54) is 60.7 Å². The molecule has 11 nitrogen and oxygen atoms in total. The quantitative estimate of drug-likeness (QED) is 0.217. The highest BCUT2D eigenvalue weighted by atomic mass is 19.3. The fourth-order valence-electron chi connectivity index (χ4n) is 6.82. The van der Waals surface area contributed by atoms with E-state index >= 15 is 8.78 Å². The molecule has 4 aromatic rings. The van der Waals surface area contributed by atoms with Crippen molar-refractivity contribution < 1.29 is 37.4 Å². The van der Waals surface area contributed by atoms with Crippen molar-refractivity contribution in [2.45, 2.75) is 38.3 Å². The molecule has 2 aliphatic rings. The molecule has 2 aliphatic heterocycles. The number of alkyl halides is 2. The lowest BCUT2D eigenvalue weighted by atomic mass is 9.89. The maximum atomic E-state index is 15.4. The molecule has 2 N–H and O–H groups in total. The number of benzene rings is 3. The van der Waals surface area contributed by atoms with E-state index in [1.807, 2.05) is 24.8 Å². The van der Waals surface area contributed by atoms with Gasteiger partial charge in [0.25, 0.3) is 17.7 Å². The van der Waals surface area contributed by atoms with E-state index in [2.05, 4.69) is 10.4 Å². The number of amides is 2. The Morgan fingerprint density at radius 1 is 1.04 bits per heavy atom. The normalized spacial score (nSPS) is 17.5. The molecule has 2 amide bonds. The molecule has 3 aromatic carbocycles. The Labute approximate surface area is 285 Å². The zero-order valence-corrected chi connectivity index (χ0v) is 27.4. The first kappa shape index (κ1) is 34.2. The van der Waals surface area contributed by atoms with E-state index in [0.29, 0.717) is 31.1 Å². The Kier molecular flexibility index (Phi) is 8.87. The summed E-state index contributed by atoms with van der Waals surface area (Å²) in [6.45, 7) is 4.82. The molecule has 0 spiro atoms. The summed E-state index contributed by atoms with van der Waals surface area (Å²) in [6.07, 6.45) is 1.29. The molecule has 3 heterocycles. The van der Waals surface area contributed by atoms with Crippen LogP contribution >= 0.6 is 0 Å². The van der Waals surface area contributed by atoms with Crippen LogP contribution in [0, 0.1) is 22.6 Å². The summed E-state index contributed by atoms with van der Waals surface area (Å²) in [6, 6.07) is 14.6. The minimum Gasteiger partial charge on any atom is -0.495 e. The van der Waals surface area contributed by atoms with Gasteiger partial charge in [0.2, 0.25) is 0 Å².